The molecule has 0 spiro atoms. The highest BCUT2D eigenvalue weighted by molar-refractivity contribution is 7.90. The summed E-state index contributed by atoms with van der Waals surface area (Å²) in [6.45, 7) is 1.69. The Labute approximate surface area is 156 Å². The third kappa shape index (κ3) is 2.03. The molecular formula is C20H16FNO4S. The van der Waals surface area contributed by atoms with Gasteiger partial charge in [0.1, 0.15) is 11.4 Å². The fraction of sp³-hybridized carbons (Fsp3) is 0.250. The number of nitrogens with zero attached hydrogens (tertiary/aromatic N) is 1. The highest BCUT2D eigenvalue weighted by atomic mass is 32.2. The lowest BCUT2D eigenvalue weighted by molar-refractivity contribution is -0.149. The van der Waals surface area contributed by atoms with Crippen LogP contribution in [0.4, 0.5) is 4.39 Å². The van der Waals surface area contributed by atoms with Crippen molar-refractivity contribution >= 4 is 21.7 Å². The number of hydrogen-bond donors (Lipinski definition) is 0. The molecule has 3 heterocycles. The molecule has 0 saturated carbocycles. The molecule has 2 aromatic carbocycles. The minimum Gasteiger partial charge on any atom is -0.456 e. The Hall–Kier alpha value is -2.67. The van der Waals surface area contributed by atoms with Gasteiger partial charge in [-0.2, -0.15) is 0 Å². The standard InChI is InChI=1S/C20H16FNO4S/c1-20-14(12-6-2-4-8-15(12)21)10-16-13-7-3-5-9-17(13)27(24,25)22(16)18(20)11-19(23)26-20/h2-10,14,18H,11H2,1H3/t14?,18?,20-/m0/s1. The van der Waals surface area contributed by atoms with Gasteiger partial charge in [0.2, 0.25) is 0 Å². The van der Waals surface area contributed by atoms with E-state index in [-0.39, 0.29) is 11.3 Å². The Kier molecular flexibility index (Phi) is 3.17. The van der Waals surface area contributed by atoms with Gasteiger partial charge < -0.3 is 4.74 Å². The molecule has 0 aromatic heterocycles. The predicted octanol–water partition coefficient (Wildman–Crippen LogP) is 3.04. The fourth-order valence-corrected chi connectivity index (χ4v) is 6.46. The maximum atomic E-state index is 14.6. The second-order valence-corrected chi connectivity index (χ2v) is 9.01. The van der Waals surface area contributed by atoms with Crippen molar-refractivity contribution in [2.75, 3.05) is 0 Å². The molecule has 7 heteroatoms. The first-order chi connectivity index (χ1) is 12.8. The molecule has 5 nitrogen and oxygen atoms in total. The third-order valence-corrected chi connectivity index (χ3v) is 7.64. The van der Waals surface area contributed by atoms with Crippen LogP contribution in [-0.4, -0.2) is 30.3 Å². The summed E-state index contributed by atoms with van der Waals surface area (Å²) >= 11 is 0. The van der Waals surface area contributed by atoms with Crippen LogP contribution in [0.15, 0.2) is 59.5 Å². The second-order valence-electron chi connectivity index (χ2n) is 7.23. The molecule has 138 valence electrons. The highest BCUT2D eigenvalue weighted by Crippen LogP contribution is 2.54. The summed E-state index contributed by atoms with van der Waals surface area (Å²) in [6.07, 6.45) is 1.66. The van der Waals surface area contributed by atoms with Crippen molar-refractivity contribution in [3.8, 4) is 0 Å². The zero-order chi connectivity index (χ0) is 19.0. The molecule has 3 atom stereocenters. The van der Waals surface area contributed by atoms with Crippen molar-refractivity contribution in [3.63, 3.8) is 0 Å². The molecule has 27 heavy (non-hydrogen) atoms. The molecule has 5 rings (SSSR count). The van der Waals surface area contributed by atoms with Crippen molar-refractivity contribution in [1.29, 1.82) is 0 Å². The van der Waals surface area contributed by atoms with Crippen molar-refractivity contribution in [2.24, 2.45) is 0 Å². The van der Waals surface area contributed by atoms with Crippen LogP contribution in [0.3, 0.4) is 0 Å². The van der Waals surface area contributed by atoms with E-state index in [0.29, 0.717) is 16.8 Å². The van der Waals surface area contributed by atoms with E-state index in [2.05, 4.69) is 0 Å². The Balaban J connectivity index is 1.81. The van der Waals surface area contributed by atoms with Gasteiger partial charge in [-0.3, -0.25) is 9.10 Å². The summed E-state index contributed by atoms with van der Waals surface area (Å²) in [5, 5.41) is 0. The van der Waals surface area contributed by atoms with E-state index in [9.17, 15) is 17.6 Å². The maximum Gasteiger partial charge on any atom is 0.308 e. The lowest BCUT2D eigenvalue weighted by Gasteiger charge is -2.44. The van der Waals surface area contributed by atoms with Gasteiger partial charge in [0.25, 0.3) is 10.0 Å². The van der Waals surface area contributed by atoms with Crippen molar-refractivity contribution < 1.29 is 22.3 Å². The van der Waals surface area contributed by atoms with E-state index >= 15 is 0 Å². The number of sulfonamides is 1. The van der Waals surface area contributed by atoms with Crippen molar-refractivity contribution in [2.45, 2.75) is 35.8 Å². The van der Waals surface area contributed by atoms with Crippen LogP contribution >= 0.6 is 0 Å². The molecule has 0 N–H and O–H groups in total. The van der Waals surface area contributed by atoms with Crippen LogP contribution in [0, 0.1) is 5.82 Å². The summed E-state index contributed by atoms with van der Waals surface area (Å²) in [5.41, 5.74) is 0.256. The summed E-state index contributed by atoms with van der Waals surface area (Å²) in [6, 6.07) is 12.3. The number of carbonyl (C=O) groups excluding carboxylic acids is 1. The van der Waals surface area contributed by atoms with E-state index in [1.807, 2.05) is 0 Å². The number of esters is 1. The quantitative estimate of drug-likeness (QED) is 0.708. The van der Waals surface area contributed by atoms with Crippen LogP contribution in [0.5, 0.6) is 0 Å². The van der Waals surface area contributed by atoms with E-state index in [1.54, 1.807) is 55.5 Å². The largest absolute Gasteiger partial charge is 0.456 e. The summed E-state index contributed by atoms with van der Waals surface area (Å²) in [4.78, 5) is 12.4. The number of carbonyl (C=O) groups is 1. The number of rotatable bonds is 1. The minimum atomic E-state index is -3.80. The fourth-order valence-electron chi connectivity index (χ4n) is 4.51. The third-order valence-electron chi connectivity index (χ3n) is 5.76. The van der Waals surface area contributed by atoms with E-state index in [1.165, 1.54) is 10.4 Å². The van der Waals surface area contributed by atoms with Gasteiger partial charge in [-0.1, -0.05) is 36.4 Å². The van der Waals surface area contributed by atoms with E-state index < -0.39 is 39.4 Å². The van der Waals surface area contributed by atoms with Gasteiger partial charge in [0.05, 0.1) is 23.1 Å². The topological polar surface area (TPSA) is 63.7 Å². The molecule has 1 fully saturated rings. The van der Waals surface area contributed by atoms with Gasteiger partial charge in [0.15, 0.2) is 0 Å². The molecule has 3 aliphatic heterocycles. The van der Waals surface area contributed by atoms with E-state index in [4.69, 9.17) is 4.74 Å². The van der Waals surface area contributed by atoms with E-state index in [0.717, 1.165) is 0 Å². The zero-order valence-corrected chi connectivity index (χ0v) is 15.2. The predicted molar refractivity (Wildman–Crippen MR) is 95.5 cm³/mol. The smallest absolute Gasteiger partial charge is 0.308 e. The number of hydrogen-bond acceptors (Lipinski definition) is 4. The lowest BCUT2D eigenvalue weighted by atomic mass is 9.75. The minimum absolute atomic E-state index is 0.0635. The maximum absolute atomic E-state index is 14.6. The Morgan fingerprint density at radius 3 is 2.63 bits per heavy atom. The Bertz CT molecular complexity index is 1130. The van der Waals surface area contributed by atoms with Crippen LogP contribution < -0.4 is 0 Å². The van der Waals surface area contributed by atoms with Crippen LogP contribution in [-0.2, 0) is 19.6 Å². The normalized spacial score (nSPS) is 30.2. The first-order valence-corrected chi connectivity index (χ1v) is 10.1. The summed E-state index contributed by atoms with van der Waals surface area (Å²) in [7, 11) is -3.80. The summed E-state index contributed by atoms with van der Waals surface area (Å²) in [5.74, 6) is -1.49. The molecule has 0 radical (unpaired) electrons. The first kappa shape index (κ1) is 16.5. The molecule has 0 amide bonds. The average molecular weight is 385 g/mol. The van der Waals surface area contributed by atoms with Crippen LogP contribution in [0.25, 0.3) is 5.70 Å². The molecule has 0 aliphatic carbocycles. The molecule has 2 aromatic rings. The average Bonchev–Trinajstić information content (AvgIpc) is 3.06. The van der Waals surface area contributed by atoms with Gasteiger partial charge in [-0.25, -0.2) is 12.8 Å². The van der Waals surface area contributed by atoms with Gasteiger partial charge in [-0.05, 0) is 30.7 Å². The van der Waals surface area contributed by atoms with Crippen LogP contribution in [0.2, 0.25) is 0 Å². The SMILES string of the molecule is C[C@@]12OC(=O)CC1N1C(=CC2c2ccccc2F)c2ccccc2S1(=O)=O. The molecule has 2 unspecified atom stereocenters. The number of ether oxygens (including phenoxy) is 1. The van der Waals surface area contributed by atoms with Gasteiger partial charge >= 0.3 is 5.97 Å². The second kappa shape index (κ2) is 5.19. The zero-order valence-electron chi connectivity index (χ0n) is 14.4. The van der Waals surface area contributed by atoms with Crippen LogP contribution in [0.1, 0.15) is 30.4 Å². The molecule has 0 bridgehead atoms. The molecule has 3 aliphatic rings. The summed E-state index contributed by atoms with van der Waals surface area (Å²) < 4.78 is 47.8. The van der Waals surface area contributed by atoms with Crippen molar-refractivity contribution in [3.05, 3.63) is 71.6 Å². The van der Waals surface area contributed by atoms with Gasteiger partial charge in [-0.15, -0.1) is 0 Å². The highest BCUT2D eigenvalue weighted by Gasteiger charge is 2.61. The Morgan fingerprint density at radius 1 is 1.15 bits per heavy atom. The van der Waals surface area contributed by atoms with Gasteiger partial charge in [0, 0.05) is 11.5 Å². The number of halogens is 1. The Morgan fingerprint density at radius 2 is 1.85 bits per heavy atom. The number of fused-ring (bicyclic) bond motifs is 5. The number of benzene rings is 2. The molecule has 1 saturated heterocycles. The molecular weight excluding hydrogens is 369 g/mol. The van der Waals surface area contributed by atoms with Crippen molar-refractivity contribution in [1.82, 2.24) is 4.31 Å². The first-order valence-electron chi connectivity index (χ1n) is 8.66. The monoisotopic (exact) mass is 385 g/mol. The lowest BCUT2D eigenvalue weighted by Crippen LogP contribution is -2.53.